The van der Waals surface area contributed by atoms with Crippen LogP contribution in [0.3, 0.4) is 0 Å². The van der Waals surface area contributed by atoms with E-state index in [0.29, 0.717) is 5.41 Å². The van der Waals surface area contributed by atoms with Crippen molar-refractivity contribution in [1.29, 1.82) is 0 Å². The van der Waals surface area contributed by atoms with Crippen molar-refractivity contribution in [3.8, 4) is 0 Å². The molecule has 1 atom stereocenters. The highest BCUT2D eigenvalue weighted by molar-refractivity contribution is 5.01. The van der Waals surface area contributed by atoms with Crippen LogP contribution < -0.4 is 0 Å². The molecule has 4 aliphatic carbocycles. The predicted octanol–water partition coefficient (Wildman–Crippen LogP) is 4.39. The molecule has 4 bridgehead atoms. The fraction of sp³-hybridized carbons (Fsp3) is 1.00. The molecular weight excluding hydrogens is 220 g/mol. The summed E-state index contributed by atoms with van der Waals surface area (Å²) in [6, 6.07) is 0. The van der Waals surface area contributed by atoms with Crippen LogP contribution in [0.1, 0.15) is 71.6 Å². The second-order valence-electron chi connectivity index (χ2n) is 8.25. The van der Waals surface area contributed by atoms with Crippen molar-refractivity contribution in [2.45, 2.75) is 77.7 Å². The maximum absolute atomic E-state index is 10.4. The average molecular weight is 250 g/mol. The summed E-state index contributed by atoms with van der Waals surface area (Å²) in [5.74, 6) is 3.80. The normalized spacial score (nSPS) is 43.7. The molecule has 4 aliphatic rings. The third-order valence-corrected chi connectivity index (χ3v) is 5.91. The molecule has 4 fully saturated rings. The first kappa shape index (κ1) is 13.0. The standard InChI is InChI=1S/C17H30O/c1-12(2)3-4-16(18)11-17-8-13-5-14(9-17)7-15(6-13)10-17/h12-16,18H,3-11H2,1-2H3. The molecule has 4 rings (SSSR count). The van der Waals surface area contributed by atoms with Gasteiger partial charge in [0.25, 0.3) is 0 Å². The SMILES string of the molecule is CC(C)CCC(O)CC12CC3CC(CC(C3)C1)C2. The maximum Gasteiger partial charge on any atom is 0.0545 e. The van der Waals surface area contributed by atoms with Gasteiger partial charge >= 0.3 is 0 Å². The topological polar surface area (TPSA) is 20.2 Å². The molecule has 1 nitrogen and oxygen atoms in total. The lowest BCUT2D eigenvalue weighted by atomic mass is 9.48. The van der Waals surface area contributed by atoms with Crippen molar-refractivity contribution in [2.24, 2.45) is 29.1 Å². The highest BCUT2D eigenvalue weighted by Gasteiger charge is 2.51. The summed E-state index contributed by atoms with van der Waals surface area (Å²) in [5, 5.41) is 10.4. The lowest BCUT2D eigenvalue weighted by Gasteiger charge is -2.57. The largest absolute Gasteiger partial charge is 0.393 e. The van der Waals surface area contributed by atoms with Gasteiger partial charge in [0.2, 0.25) is 0 Å². The van der Waals surface area contributed by atoms with Crippen LogP contribution in [0.4, 0.5) is 0 Å². The summed E-state index contributed by atoms with van der Waals surface area (Å²) in [6.07, 6.45) is 12.2. The van der Waals surface area contributed by atoms with Crippen LogP contribution in [-0.2, 0) is 0 Å². The quantitative estimate of drug-likeness (QED) is 0.767. The fourth-order valence-electron chi connectivity index (χ4n) is 5.67. The van der Waals surface area contributed by atoms with Crippen molar-refractivity contribution in [2.75, 3.05) is 0 Å². The van der Waals surface area contributed by atoms with Crippen LogP contribution in [0.15, 0.2) is 0 Å². The second-order valence-corrected chi connectivity index (χ2v) is 8.25. The Morgan fingerprint density at radius 2 is 1.44 bits per heavy atom. The minimum Gasteiger partial charge on any atom is -0.393 e. The van der Waals surface area contributed by atoms with Crippen LogP contribution in [-0.4, -0.2) is 11.2 Å². The number of hydrogen-bond acceptors (Lipinski definition) is 1. The minimum absolute atomic E-state index is 0.0244. The van der Waals surface area contributed by atoms with Crippen molar-refractivity contribution < 1.29 is 5.11 Å². The molecule has 1 heteroatoms. The summed E-state index contributed by atoms with van der Waals surface area (Å²) in [5.41, 5.74) is 0.561. The monoisotopic (exact) mass is 250 g/mol. The van der Waals surface area contributed by atoms with Gasteiger partial charge in [0.05, 0.1) is 6.10 Å². The highest BCUT2D eigenvalue weighted by atomic mass is 16.3. The first-order valence-electron chi connectivity index (χ1n) is 8.23. The highest BCUT2D eigenvalue weighted by Crippen LogP contribution is 2.61. The molecule has 0 saturated heterocycles. The van der Waals surface area contributed by atoms with E-state index in [1.807, 2.05) is 0 Å². The maximum atomic E-state index is 10.4. The van der Waals surface area contributed by atoms with Crippen LogP contribution in [0.2, 0.25) is 0 Å². The molecule has 0 aromatic rings. The minimum atomic E-state index is -0.0244. The molecule has 0 aromatic carbocycles. The molecule has 0 aromatic heterocycles. The molecule has 1 N–H and O–H groups in total. The summed E-state index contributed by atoms with van der Waals surface area (Å²) < 4.78 is 0. The Morgan fingerprint density at radius 1 is 0.944 bits per heavy atom. The van der Waals surface area contributed by atoms with Crippen molar-refractivity contribution >= 4 is 0 Å². The molecule has 0 spiro atoms. The van der Waals surface area contributed by atoms with E-state index in [2.05, 4.69) is 13.8 Å². The molecular formula is C17H30O. The fourth-order valence-corrected chi connectivity index (χ4v) is 5.67. The number of rotatable bonds is 5. The van der Waals surface area contributed by atoms with Crippen molar-refractivity contribution in [3.63, 3.8) is 0 Å². The van der Waals surface area contributed by atoms with E-state index in [1.165, 1.54) is 44.9 Å². The molecule has 104 valence electrons. The Hall–Kier alpha value is -0.0400. The van der Waals surface area contributed by atoms with Gasteiger partial charge in [-0.15, -0.1) is 0 Å². The van der Waals surface area contributed by atoms with Gasteiger partial charge in [-0.05, 0) is 86.9 Å². The summed E-state index contributed by atoms with van der Waals surface area (Å²) in [6.45, 7) is 4.52. The number of aliphatic hydroxyl groups excluding tert-OH is 1. The zero-order chi connectivity index (χ0) is 12.8. The summed E-state index contributed by atoms with van der Waals surface area (Å²) in [7, 11) is 0. The van der Waals surface area contributed by atoms with E-state index in [-0.39, 0.29) is 6.10 Å². The van der Waals surface area contributed by atoms with Gasteiger partial charge in [0.15, 0.2) is 0 Å². The van der Waals surface area contributed by atoms with Crippen LogP contribution in [0.5, 0.6) is 0 Å². The van der Waals surface area contributed by atoms with Gasteiger partial charge in [0.1, 0.15) is 0 Å². The van der Waals surface area contributed by atoms with Gasteiger partial charge < -0.3 is 5.11 Å². The van der Waals surface area contributed by atoms with Crippen LogP contribution in [0, 0.1) is 29.1 Å². The molecule has 0 heterocycles. The second kappa shape index (κ2) is 4.81. The Labute approximate surface area is 112 Å². The van der Waals surface area contributed by atoms with Gasteiger partial charge in [-0.3, -0.25) is 0 Å². The van der Waals surface area contributed by atoms with Crippen LogP contribution in [0.25, 0.3) is 0 Å². The lowest BCUT2D eigenvalue weighted by Crippen LogP contribution is -2.47. The molecule has 0 aliphatic heterocycles. The van der Waals surface area contributed by atoms with Gasteiger partial charge in [-0.2, -0.15) is 0 Å². The smallest absolute Gasteiger partial charge is 0.0545 e. The molecule has 1 unspecified atom stereocenters. The molecule has 0 radical (unpaired) electrons. The Kier molecular flexibility index (Phi) is 3.47. The first-order valence-corrected chi connectivity index (χ1v) is 8.23. The molecule has 0 amide bonds. The number of hydrogen-bond donors (Lipinski definition) is 1. The van der Waals surface area contributed by atoms with E-state index in [1.54, 1.807) is 0 Å². The Balaban J connectivity index is 1.58. The van der Waals surface area contributed by atoms with Gasteiger partial charge in [0, 0.05) is 0 Å². The van der Waals surface area contributed by atoms with E-state index in [9.17, 15) is 5.11 Å². The van der Waals surface area contributed by atoms with Crippen molar-refractivity contribution in [3.05, 3.63) is 0 Å². The van der Waals surface area contributed by atoms with E-state index in [0.717, 1.165) is 36.5 Å². The van der Waals surface area contributed by atoms with Gasteiger partial charge in [-0.1, -0.05) is 13.8 Å². The third kappa shape index (κ3) is 2.61. The van der Waals surface area contributed by atoms with Gasteiger partial charge in [-0.25, -0.2) is 0 Å². The Morgan fingerprint density at radius 3 is 1.89 bits per heavy atom. The molecule has 18 heavy (non-hydrogen) atoms. The van der Waals surface area contributed by atoms with E-state index in [4.69, 9.17) is 0 Å². The number of aliphatic hydroxyl groups is 1. The Bertz CT molecular complexity index is 259. The lowest BCUT2D eigenvalue weighted by molar-refractivity contribution is -0.0770. The average Bonchev–Trinajstić information content (AvgIpc) is 2.23. The van der Waals surface area contributed by atoms with Crippen molar-refractivity contribution in [1.82, 2.24) is 0 Å². The zero-order valence-corrected chi connectivity index (χ0v) is 12.2. The van der Waals surface area contributed by atoms with E-state index < -0.39 is 0 Å². The summed E-state index contributed by atoms with van der Waals surface area (Å²) in [4.78, 5) is 0. The zero-order valence-electron chi connectivity index (χ0n) is 12.2. The van der Waals surface area contributed by atoms with Crippen LogP contribution >= 0.6 is 0 Å². The summed E-state index contributed by atoms with van der Waals surface area (Å²) >= 11 is 0. The predicted molar refractivity (Wildman–Crippen MR) is 75.3 cm³/mol. The van der Waals surface area contributed by atoms with E-state index >= 15 is 0 Å². The molecule has 4 saturated carbocycles. The first-order chi connectivity index (χ1) is 8.55. The third-order valence-electron chi connectivity index (χ3n) is 5.91.